The smallest absolute Gasteiger partial charge is 0.206 e. The third-order valence-corrected chi connectivity index (χ3v) is 9.69. The molecule has 3 heteroatoms. The Morgan fingerprint density at radius 1 is 0.615 bits per heavy atom. The van der Waals surface area contributed by atoms with E-state index in [4.69, 9.17) is 0 Å². The lowest BCUT2D eigenvalue weighted by Gasteiger charge is -2.25. The van der Waals surface area contributed by atoms with Gasteiger partial charge in [0.25, 0.3) is 0 Å². The molecule has 2 aromatic rings. The van der Waals surface area contributed by atoms with Crippen molar-refractivity contribution in [3.05, 3.63) is 107 Å². The second kappa shape index (κ2) is 9.70. The minimum atomic E-state index is 0.00160. The van der Waals surface area contributed by atoms with E-state index in [0.717, 1.165) is 12.8 Å². The van der Waals surface area contributed by atoms with Gasteiger partial charge in [-0.15, -0.1) is 0 Å². The molecule has 4 aliphatic rings. The largest absolute Gasteiger partial charge is 0.347 e. The third kappa shape index (κ3) is 4.22. The van der Waals surface area contributed by atoms with Gasteiger partial charge in [0.15, 0.2) is 0 Å². The van der Waals surface area contributed by atoms with E-state index in [1.807, 2.05) is 0 Å². The van der Waals surface area contributed by atoms with Crippen molar-refractivity contribution in [2.24, 2.45) is 0 Å². The summed E-state index contributed by atoms with van der Waals surface area (Å²) in [6.45, 7) is 11.8. The first-order chi connectivity index (χ1) is 18.7. The molecule has 0 N–H and O–H groups in total. The first-order valence-corrected chi connectivity index (χ1v) is 14.8. The lowest BCUT2D eigenvalue weighted by molar-refractivity contribution is -0.505. The molecule has 0 atom stereocenters. The van der Waals surface area contributed by atoms with E-state index < -0.39 is 0 Å². The van der Waals surface area contributed by atoms with Gasteiger partial charge in [0, 0.05) is 71.7 Å². The van der Waals surface area contributed by atoms with E-state index in [1.54, 1.807) is 0 Å². The molecule has 6 rings (SSSR count). The Hall–Kier alpha value is -3.33. The van der Waals surface area contributed by atoms with E-state index >= 15 is 0 Å². The summed E-state index contributed by atoms with van der Waals surface area (Å²) >= 11 is 0. The maximum atomic E-state index is 2.67. The molecule has 0 aromatic heterocycles. The molecule has 2 fully saturated rings. The number of hydrogen-bond acceptors (Lipinski definition) is 2. The van der Waals surface area contributed by atoms with Gasteiger partial charge in [-0.25, -0.2) is 4.58 Å². The third-order valence-electron chi connectivity index (χ3n) is 9.69. The SMILES string of the molecule is CN1/C(=C/C=C2\CCC/C(=C\C=C3\N(C)c4ccccc4C3(C)C)C2=[N+]2CCCC2)C(C)(C)c2ccccc21. The van der Waals surface area contributed by atoms with Crippen LogP contribution in [0, 0.1) is 0 Å². The van der Waals surface area contributed by atoms with E-state index in [1.165, 1.54) is 83.1 Å². The van der Waals surface area contributed by atoms with Gasteiger partial charge in [-0.3, -0.25) is 0 Å². The van der Waals surface area contributed by atoms with Crippen LogP contribution in [-0.2, 0) is 10.8 Å². The molecule has 202 valence electrons. The molecule has 0 unspecified atom stereocenters. The maximum Gasteiger partial charge on any atom is 0.206 e. The van der Waals surface area contributed by atoms with Crippen LogP contribution in [0.15, 0.2) is 95.4 Å². The molecular weight excluding hydrogens is 474 g/mol. The Morgan fingerprint density at radius 3 is 1.49 bits per heavy atom. The highest BCUT2D eigenvalue weighted by Crippen LogP contribution is 2.48. The van der Waals surface area contributed by atoms with Crippen molar-refractivity contribution in [2.45, 2.75) is 70.6 Å². The number of nitrogens with zero attached hydrogens (tertiary/aromatic N) is 3. The van der Waals surface area contributed by atoms with Gasteiger partial charge in [-0.1, -0.05) is 76.2 Å². The normalized spacial score (nSPS) is 25.9. The molecule has 1 aliphatic carbocycles. The molecule has 0 radical (unpaired) electrons. The first kappa shape index (κ1) is 25.9. The predicted molar refractivity (Wildman–Crippen MR) is 166 cm³/mol. The van der Waals surface area contributed by atoms with Gasteiger partial charge in [0.05, 0.1) is 0 Å². The molecule has 3 nitrogen and oxygen atoms in total. The minimum Gasteiger partial charge on any atom is -0.347 e. The fourth-order valence-corrected chi connectivity index (χ4v) is 7.55. The molecule has 1 saturated carbocycles. The highest BCUT2D eigenvalue weighted by Gasteiger charge is 2.39. The Morgan fingerprint density at radius 2 is 1.05 bits per heavy atom. The Kier molecular flexibility index (Phi) is 6.44. The van der Waals surface area contributed by atoms with Crippen LogP contribution in [0.25, 0.3) is 0 Å². The number of hydrogen-bond donors (Lipinski definition) is 0. The molecule has 0 bridgehead atoms. The number of likely N-dealkylation sites (N-methyl/N-ethyl adjacent to an activating group) is 2. The molecular formula is C36H44N3+. The van der Waals surface area contributed by atoms with E-state index in [2.05, 4.69) is 129 Å². The number of rotatable bonds is 2. The van der Waals surface area contributed by atoms with Crippen molar-refractivity contribution in [3.63, 3.8) is 0 Å². The fourth-order valence-electron chi connectivity index (χ4n) is 7.55. The Balaban J connectivity index is 1.39. The molecule has 39 heavy (non-hydrogen) atoms. The average molecular weight is 519 g/mol. The van der Waals surface area contributed by atoms with Crippen LogP contribution in [0.5, 0.6) is 0 Å². The summed E-state index contributed by atoms with van der Waals surface area (Å²) in [5, 5.41) is 0. The standard InChI is InChI=1S/C36H44N3/c1-35(2)28-16-7-9-18-30(28)37(5)32(35)22-20-26-14-13-15-27(34(26)39-24-11-12-25-39)21-23-33-36(3,4)29-17-8-10-19-31(29)38(33)6/h7-10,16-23H,11-15,24-25H2,1-6H3/q+1. The zero-order valence-corrected chi connectivity index (χ0v) is 24.7. The molecule has 3 heterocycles. The lowest BCUT2D eigenvalue weighted by atomic mass is 9.82. The van der Waals surface area contributed by atoms with Crippen LogP contribution in [0.3, 0.4) is 0 Å². The zero-order valence-electron chi connectivity index (χ0n) is 24.7. The second-order valence-electron chi connectivity index (χ2n) is 12.8. The zero-order chi connectivity index (χ0) is 27.4. The van der Waals surface area contributed by atoms with Crippen molar-refractivity contribution in [3.8, 4) is 0 Å². The predicted octanol–water partition coefficient (Wildman–Crippen LogP) is 7.89. The fraction of sp³-hybridized carbons (Fsp3) is 0.417. The molecule has 1 saturated heterocycles. The molecule has 0 amide bonds. The Bertz CT molecular complexity index is 1350. The number of anilines is 2. The Labute approximate surface area is 235 Å². The average Bonchev–Trinajstić information content (AvgIpc) is 3.58. The second-order valence-corrected chi connectivity index (χ2v) is 12.8. The van der Waals surface area contributed by atoms with Crippen molar-refractivity contribution in [2.75, 3.05) is 37.0 Å². The van der Waals surface area contributed by atoms with Crippen LogP contribution in [0.1, 0.15) is 70.9 Å². The van der Waals surface area contributed by atoms with Crippen LogP contribution < -0.4 is 9.80 Å². The number of allylic oxidation sites excluding steroid dienone is 8. The summed E-state index contributed by atoms with van der Waals surface area (Å²) in [5.74, 6) is 0. The lowest BCUT2D eigenvalue weighted by Crippen LogP contribution is -2.26. The number of para-hydroxylation sites is 2. The topological polar surface area (TPSA) is 9.49 Å². The van der Waals surface area contributed by atoms with Crippen molar-refractivity contribution in [1.29, 1.82) is 0 Å². The minimum absolute atomic E-state index is 0.00160. The number of benzene rings is 2. The summed E-state index contributed by atoms with van der Waals surface area (Å²) in [4.78, 5) is 4.78. The quantitative estimate of drug-likeness (QED) is 0.374. The molecule has 2 aromatic carbocycles. The van der Waals surface area contributed by atoms with Gasteiger partial charge in [-0.2, -0.15) is 0 Å². The van der Waals surface area contributed by atoms with Gasteiger partial charge in [0.2, 0.25) is 5.71 Å². The summed E-state index contributed by atoms with van der Waals surface area (Å²) < 4.78 is 2.67. The van der Waals surface area contributed by atoms with Crippen molar-refractivity contribution in [1.82, 2.24) is 0 Å². The number of fused-ring (bicyclic) bond motifs is 2. The van der Waals surface area contributed by atoms with E-state index in [9.17, 15) is 0 Å². The monoisotopic (exact) mass is 518 g/mol. The van der Waals surface area contributed by atoms with Crippen LogP contribution in [-0.4, -0.2) is 37.5 Å². The summed E-state index contributed by atoms with van der Waals surface area (Å²) in [6.07, 6.45) is 15.8. The summed E-state index contributed by atoms with van der Waals surface area (Å²) in [6, 6.07) is 17.7. The van der Waals surface area contributed by atoms with Gasteiger partial charge in [-0.05, 0) is 54.7 Å². The van der Waals surface area contributed by atoms with Crippen molar-refractivity contribution >= 4 is 17.1 Å². The molecule has 0 spiro atoms. The first-order valence-electron chi connectivity index (χ1n) is 14.8. The highest BCUT2D eigenvalue weighted by atomic mass is 15.2. The van der Waals surface area contributed by atoms with E-state index in [0.29, 0.717) is 0 Å². The molecule has 3 aliphatic heterocycles. The van der Waals surface area contributed by atoms with Gasteiger partial charge >= 0.3 is 0 Å². The van der Waals surface area contributed by atoms with Crippen LogP contribution in [0.4, 0.5) is 11.4 Å². The maximum absolute atomic E-state index is 2.67. The van der Waals surface area contributed by atoms with Gasteiger partial charge in [0.1, 0.15) is 13.1 Å². The van der Waals surface area contributed by atoms with Gasteiger partial charge < -0.3 is 9.80 Å². The van der Waals surface area contributed by atoms with Crippen LogP contribution in [0.2, 0.25) is 0 Å². The summed E-state index contributed by atoms with van der Waals surface area (Å²) in [7, 11) is 4.44. The highest BCUT2D eigenvalue weighted by molar-refractivity contribution is 6.10. The summed E-state index contributed by atoms with van der Waals surface area (Å²) in [5.41, 5.74) is 12.8. The van der Waals surface area contributed by atoms with Crippen LogP contribution >= 0.6 is 0 Å². The van der Waals surface area contributed by atoms with E-state index in [-0.39, 0.29) is 10.8 Å². The van der Waals surface area contributed by atoms with Crippen molar-refractivity contribution < 1.29 is 4.58 Å².